The fourth-order valence-electron chi connectivity index (χ4n) is 3.55. The Labute approximate surface area is 208 Å². The molecule has 0 radical (unpaired) electrons. The number of guanidine groups is 1. The van der Waals surface area contributed by atoms with Crippen LogP contribution in [0.3, 0.4) is 0 Å². The third-order valence-corrected chi connectivity index (χ3v) is 5.35. The maximum atomic E-state index is 12.1. The summed E-state index contributed by atoms with van der Waals surface area (Å²) in [6, 6.07) is 18.5. The van der Waals surface area contributed by atoms with Crippen molar-refractivity contribution in [3.05, 3.63) is 60.2 Å². The molecule has 1 atom stereocenters. The van der Waals surface area contributed by atoms with Crippen LogP contribution in [0.15, 0.2) is 59.6 Å². The number of halogens is 1. The highest BCUT2D eigenvalue weighted by atomic mass is 127. The average molecular weight is 551 g/mol. The first-order valence-electron chi connectivity index (χ1n) is 10.7. The van der Waals surface area contributed by atoms with Gasteiger partial charge in [-0.3, -0.25) is 4.79 Å². The molecule has 1 fully saturated rings. The molecular weight excluding hydrogens is 517 g/mol. The fourth-order valence-corrected chi connectivity index (χ4v) is 3.55. The van der Waals surface area contributed by atoms with E-state index in [1.807, 2.05) is 30.3 Å². The van der Waals surface area contributed by atoms with Gasteiger partial charge in [-0.2, -0.15) is 0 Å². The Morgan fingerprint density at radius 1 is 1.19 bits per heavy atom. The van der Waals surface area contributed by atoms with Crippen LogP contribution in [0.25, 0.3) is 0 Å². The maximum Gasteiger partial charge on any atom is 0.241 e. The molecule has 1 unspecified atom stereocenters. The first kappa shape index (κ1) is 25.8. The van der Waals surface area contributed by atoms with Crippen LogP contribution in [0.5, 0.6) is 5.75 Å². The number of methoxy groups -OCH3 is 1. The normalized spacial score (nSPS) is 16.0. The van der Waals surface area contributed by atoms with Gasteiger partial charge in [0.05, 0.1) is 20.2 Å². The van der Waals surface area contributed by atoms with Crippen LogP contribution in [0.2, 0.25) is 0 Å². The van der Waals surface area contributed by atoms with E-state index in [2.05, 4.69) is 39.8 Å². The first-order valence-corrected chi connectivity index (χ1v) is 10.7. The van der Waals surface area contributed by atoms with E-state index in [4.69, 9.17) is 9.73 Å². The van der Waals surface area contributed by atoms with Crippen molar-refractivity contribution >= 4 is 41.5 Å². The Hall–Kier alpha value is -2.49. The van der Waals surface area contributed by atoms with Crippen molar-refractivity contribution in [2.45, 2.75) is 25.4 Å². The van der Waals surface area contributed by atoms with Crippen molar-refractivity contribution in [2.75, 3.05) is 45.7 Å². The van der Waals surface area contributed by atoms with Crippen molar-refractivity contribution in [2.24, 2.45) is 4.99 Å². The highest BCUT2D eigenvalue weighted by Crippen LogP contribution is 2.24. The van der Waals surface area contributed by atoms with Crippen molar-refractivity contribution in [3.63, 3.8) is 0 Å². The zero-order valence-electron chi connectivity index (χ0n) is 19.1. The number of anilines is 1. The van der Waals surface area contributed by atoms with Crippen LogP contribution in [0.4, 0.5) is 5.69 Å². The van der Waals surface area contributed by atoms with Gasteiger partial charge < -0.3 is 25.2 Å². The number of ether oxygens (including phenoxy) is 1. The molecule has 3 rings (SSSR count). The molecule has 1 aliphatic heterocycles. The number of amides is 1. The molecule has 32 heavy (non-hydrogen) atoms. The first-order chi connectivity index (χ1) is 15.0. The number of nitrogens with zero attached hydrogens (tertiary/aromatic N) is 3. The lowest BCUT2D eigenvalue weighted by atomic mass is 10.0. The molecule has 1 heterocycles. The van der Waals surface area contributed by atoms with E-state index >= 15 is 0 Å². The molecule has 2 N–H and O–H groups in total. The van der Waals surface area contributed by atoms with Crippen LogP contribution in [0, 0.1) is 0 Å². The molecule has 1 saturated heterocycles. The van der Waals surface area contributed by atoms with E-state index in [1.165, 1.54) is 0 Å². The third-order valence-electron chi connectivity index (χ3n) is 5.35. The lowest BCUT2D eigenvalue weighted by Gasteiger charge is -2.35. The number of piperidine rings is 1. The molecule has 8 heteroatoms. The Kier molecular flexibility index (Phi) is 10.6. The standard InChI is InChI=1S/C24H33N5O2.HI/c1-28(2)23(30)17-26-24(25-16-19-9-5-4-6-10-19)27-20-11-8-14-29(18-20)21-12-7-13-22(15-21)31-3;/h4-7,9-10,12-13,15,20H,8,11,14,16-18H2,1-3H3,(H2,25,26,27);1H. The number of hydrogen-bond donors (Lipinski definition) is 2. The molecule has 0 aliphatic carbocycles. The lowest BCUT2D eigenvalue weighted by molar-refractivity contribution is -0.127. The Morgan fingerprint density at radius 2 is 1.97 bits per heavy atom. The van der Waals surface area contributed by atoms with E-state index in [9.17, 15) is 4.79 Å². The summed E-state index contributed by atoms with van der Waals surface area (Å²) >= 11 is 0. The highest BCUT2D eigenvalue weighted by molar-refractivity contribution is 14.0. The smallest absolute Gasteiger partial charge is 0.241 e. The lowest BCUT2D eigenvalue weighted by Crippen LogP contribution is -2.52. The van der Waals surface area contributed by atoms with Gasteiger partial charge in [-0.05, 0) is 30.5 Å². The zero-order valence-corrected chi connectivity index (χ0v) is 21.4. The second-order valence-corrected chi connectivity index (χ2v) is 7.92. The second-order valence-electron chi connectivity index (χ2n) is 7.92. The van der Waals surface area contributed by atoms with Gasteiger partial charge in [0, 0.05) is 45.0 Å². The van der Waals surface area contributed by atoms with Crippen LogP contribution in [-0.2, 0) is 11.3 Å². The largest absolute Gasteiger partial charge is 0.497 e. The summed E-state index contributed by atoms with van der Waals surface area (Å²) in [6.07, 6.45) is 2.13. The van der Waals surface area contributed by atoms with E-state index in [0.29, 0.717) is 12.5 Å². The minimum Gasteiger partial charge on any atom is -0.497 e. The molecule has 2 aromatic rings. The summed E-state index contributed by atoms with van der Waals surface area (Å²) in [5.41, 5.74) is 2.29. The molecule has 2 aromatic carbocycles. The van der Waals surface area contributed by atoms with Crippen LogP contribution >= 0.6 is 24.0 Å². The van der Waals surface area contributed by atoms with Crippen LogP contribution < -0.4 is 20.3 Å². The molecule has 0 aromatic heterocycles. The van der Waals surface area contributed by atoms with Gasteiger partial charge in [0.25, 0.3) is 0 Å². The van der Waals surface area contributed by atoms with E-state index < -0.39 is 0 Å². The van der Waals surface area contributed by atoms with Gasteiger partial charge in [0.1, 0.15) is 5.75 Å². The van der Waals surface area contributed by atoms with Gasteiger partial charge in [-0.25, -0.2) is 4.99 Å². The zero-order chi connectivity index (χ0) is 22.1. The number of hydrogen-bond acceptors (Lipinski definition) is 4. The molecule has 0 spiro atoms. The molecule has 7 nitrogen and oxygen atoms in total. The third kappa shape index (κ3) is 7.89. The number of aliphatic imine (C=N–C) groups is 1. The minimum atomic E-state index is 0. The van der Waals surface area contributed by atoms with Gasteiger partial charge >= 0.3 is 0 Å². The Morgan fingerprint density at radius 3 is 2.69 bits per heavy atom. The van der Waals surface area contributed by atoms with Crippen molar-refractivity contribution in [1.82, 2.24) is 15.5 Å². The Bertz CT molecular complexity index is 876. The predicted molar refractivity (Wildman–Crippen MR) is 141 cm³/mol. The Balaban J connectivity index is 0.00000363. The van der Waals surface area contributed by atoms with Crippen LogP contribution in [-0.4, -0.2) is 63.6 Å². The summed E-state index contributed by atoms with van der Waals surface area (Å²) in [7, 11) is 5.20. The number of carbonyl (C=O) groups is 1. The maximum absolute atomic E-state index is 12.1. The van der Waals surface area contributed by atoms with E-state index in [0.717, 1.165) is 42.9 Å². The minimum absolute atomic E-state index is 0. The quantitative estimate of drug-likeness (QED) is 0.315. The number of benzene rings is 2. The summed E-state index contributed by atoms with van der Waals surface area (Å²) in [4.78, 5) is 20.7. The summed E-state index contributed by atoms with van der Waals surface area (Å²) in [5, 5.41) is 6.74. The second kappa shape index (κ2) is 13.1. The molecule has 0 saturated carbocycles. The number of likely N-dealkylation sites (N-methyl/N-ethyl adjacent to an activating group) is 1. The van der Waals surface area contributed by atoms with Crippen molar-refractivity contribution in [3.8, 4) is 5.75 Å². The fraction of sp³-hybridized carbons (Fsp3) is 0.417. The van der Waals surface area contributed by atoms with Crippen LogP contribution in [0.1, 0.15) is 18.4 Å². The van der Waals surface area contributed by atoms with Crippen molar-refractivity contribution in [1.29, 1.82) is 0 Å². The highest BCUT2D eigenvalue weighted by Gasteiger charge is 2.21. The van der Waals surface area contributed by atoms with Gasteiger partial charge in [-0.1, -0.05) is 36.4 Å². The molecule has 0 bridgehead atoms. The van der Waals surface area contributed by atoms with Gasteiger partial charge in [-0.15, -0.1) is 24.0 Å². The van der Waals surface area contributed by atoms with Gasteiger partial charge in [0.2, 0.25) is 5.91 Å². The monoisotopic (exact) mass is 551 g/mol. The van der Waals surface area contributed by atoms with Crippen molar-refractivity contribution < 1.29 is 9.53 Å². The predicted octanol–water partition coefficient (Wildman–Crippen LogP) is 3.11. The topological polar surface area (TPSA) is 69.2 Å². The number of nitrogens with one attached hydrogen (secondary N) is 2. The summed E-state index contributed by atoms with van der Waals surface area (Å²) in [6.45, 7) is 2.63. The SMILES string of the molecule is COc1cccc(N2CCCC(NC(=NCc3ccccc3)NCC(=O)N(C)C)C2)c1.I. The molecule has 1 amide bonds. The number of carbonyl (C=O) groups excluding carboxylic acids is 1. The summed E-state index contributed by atoms with van der Waals surface area (Å²) < 4.78 is 5.38. The average Bonchev–Trinajstić information content (AvgIpc) is 2.81. The van der Waals surface area contributed by atoms with E-state index in [-0.39, 0.29) is 42.5 Å². The molecule has 174 valence electrons. The molecular formula is C24H34IN5O2. The molecule has 1 aliphatic rings. The summed E-state index contributed by atoms with van der Waals surface area (Å²) in [5.74, 6) is 1.54. The van der Waals surface area contributed by atoms with Gasteiger partial charge in [0.15, 0.2) is 5.96 Å². The van der Waals surface area contributed by atoms with E-state index in [1.54, 1.807) is 26.1 Å². The number of rotatable bonds is 7.